The van der Waals surface area contributed by atoms with Gasteiger partial charge in [0.25, 0.3) is 0 Å². The van der Waals surface area contributed by atoms with Gasteiger partial charge in [0.1, 0.15) is 0 Å². The van der Waals surface area contributed by atoms with Gasteiger partial charge in [-0.25, -0.2) is 0 Å². The largest absolute Gasteiger partial charge is 0.481 e. The van der Waals surface area contributed by atoms with Crippen LogP contribution in [0.4, 0.5) is 0 Å². The first kappa shape index (κ1) is 15.0. The molecule has 1 N–H and O–H groups in total. The van der Waals surface area contributed by atoms with Gasteiger partial charge in [-0.1, -0.05) is 45.4 Å². The minimum absolute atomic E-state index is 0. The summed E-state index contributed by atoms with van der Waals surface area (Å²) in [7, 11) is 0. The molecule has 2 unspecified atom stereocenters. The van der Waals surface area contributed by atoms with Crippen molar-refractivity contribution in [1.29, 1.82) is 0 Å². The molecular weight excluding hydrogens is 232 g/mol. The Morgan fingerprint density at radius 1 is 1.00 bits per heavy atom. The Balaban J connectivity index is 0.000000280. The minimum atomic E-state index is -0.611. The van der Waals surface area contributed by atoms with Crippen molar-refractivity contribution in [2.45, 2.75) is 58.3 Å². The summed E-state index contributed by atoms with van der Waals surface area (Å²) in [6.45, 7) is 2.02. The summed E-state index contributed by atoms with van der Waals surface area (Å²) in [4.78, 5) is 10.4. The summed E-state index contributed by atoms with van der Waals surface area (Å²) in [6.07, 6.45) is 10.6. The summed E-state index contributed by atoms with van der Waals surface area (Å²) in [5.74, 6) is -0.257. The van der Waals surface area contributed by atoms with Crippen LogP contribution in [0, 0.1) is 11.8 Å². The summed E-state index contributed by atoms with van der Waals surface area (Å²) >= 11 is 0. The molecule has 0 aromatic rings. The van der Waals surface area contributed by atoms with Crippen molar-refractivity contribution >= 4 is 5.97 Å². The third-order valence-electron chi connectivity index (χ3n) is 3.43. The topological polar surface area (TPSA) is 37.3 Å². The molecule has 0 bridgehead atoms. The maximum Gasteiger partial charge on any atom is 0.306 e. The summed E-state index contributed by atoms with van der Waals surface area (Å²) < 4.78 is 0. The average Bonchev–Trinajstić information content (AvgIpc) is 2.74. The maximum atomic E-state index is 10.4. The first-order valence-corrected chi connectivity index (χ1v) is 5.94. The number of rotatable bonds is 1. The summed E-state index contributed by atoms with van der Waals surface area (Å²) in [5.41, 5.74) is 0. The molecule has 0 spiro atoms. The first-order chi connectivity index (χ1) is 6.72. The fourth-order valence-corrected chi connectivity index (χ4v) is 2.40. The Kier molecular flexibility index (Phi) is 8.17. The Morgan fingerprint density at radius 3 is 1.67 bits per heavy atom. The van der Waals surface area contributed by atoms with Gasteiger partial charge >= 0.3 is 5.97 Å². The predicted molar refractivity (Wildman–Crippen MR) is 57.2 cm³/mol. The Hall–Kier alpha value is -0.0105. The maximum absolute atomic E-state index is 10.4. The monoisotopic (exact) mass is 254 g/mol. The second-order valence-electron chi connectivity index (χ2n) is 4.62. The van der Waals surface area contributed by atoms with Crippen LogP contribution in [-0.2, 0) is 21.9 Å². The number of hydrogen-bond donors (Lipinski definition) is 1. The van der Waals surface area contributed by atoms with Crippen molar-refractivity contribution in [3.8, 4) is 0 Å². The quantitative estimate of drug-likeness (QED) is 0.727. The van der Waals surface area contributed by atoms with Gasteiger partial charge in [-0.15, -0.1) is 0 Å². The van der Waals surface area contributed by atoms with Crippen LogP contribution in [0.25, 0.3) is 0 Å². The van der Waals surface area contributed by atoms with Crippen LogP contribution in [0.5, 0.6) is 0 Å². The van der Waals surface area contributed by atoms with Crippen LogP contribution in [0.3, 0.4) is 0 Å². The zero-order valence-electron chi connectivity index (χ0n) is 9.52. The van der Waals surface area contributed by atoms with Crippen LogP contribution < -0.4 is 0 Å². The van der Waals surface area contributed by atoms with E-state index in [1.165, 1.54) is 32.1 Å². The van der Waals surface area contributed by atoms with E-state index in [2.05, 4.69) is 0 Å². The molecule has 0 saturated heterocycles. The van der Waals surface area contributed by atoms with Gasteiger partial charge in [0.15, 0.2) is 0 Å². The third-order valence-corrected chi connectivity index (χ3v) is 3.43. The first-order valence-electron chi connectivity index (χ1n) is 5.94. The van der Waals surface area contributed by atoms with Crippen molar-refractivity contribution in [2.75, 3.05) is 0 Å². The third kappa shape index (κ3) is 5.58. The second kappa shape index (κ2) is 8.18. The fraction of sp³-hybridized carbons (Fsp3) is 0.917. The molecule has 0 heterocycles. The Labute approximate surface area is 103 Å². The standard InChI is InChI=1S/C7H12O2.C5H10.Fe/c1-5-3-2-4-6(5)7(8)9;1-2-4-5-3-1;/h5-6H,2-4H2,1H3,(H,8,9);1-5H2;. The normalized spacial score (nSPS) is 28.9. The molecule has 15 heavy (non-hydrogen) atoms. The molecular formula is C12H22FeO2. The zero-order valence-corrected chi connectivity index (χ0v) is 10.6. The molecule has 0 radical (unpaired) electrons. The van der Waals surface area contributed by atoms with E-state index in [1.807, 2.05) is 6.92 Å². The van der Waals surface area contributed by atoms with Crippen molar-refractivity contribution in [3.05, 3.63) is 0 Å². The molecule has 0 aliphatic heterocycles. The van der Waals surface area contributed by atoms with Crippen LogP contribution in [0.1, 0.15) is 58.3 Å². The van der Waals surface area contributed by atoms with Gasteiger partial charge in [-0.3, -0.25) is 4.79 Å². The summed E-state index contributed by atoms with van der Waals surface area (Å²) in [6, 6.07) is 0. The number of carboxylic acid groups (broad SMARTS) is 1. The molecule has 0 aromatic heterocycles. The van der Waals surface area contributed by atoms with E-state index in [4.69, 9.17) is 5.11 Å². The van der Waals surface area contributed by atoms with Crippen LogP contribution in [-0.4, -0.2) is 11.1 Å². The SMILES string of the molecule is C1CCCC1.CC1CCCC1C(=O)O.[Fe]. The van der Waals surface area contributed by atoms with E-state index in [-0.39, 0.29) is 23.0 Å². The van der Waals surface area contributed by atoms with Gasteiger partial charge in [0.05, 0.1) is 5.92 Å². The Morgan fingerprint density at radius 2 is 1.47 bits per heavy atom. The van der Waals surface area contributed by atoms with Crippen LogP contribution >= 0.6 is 0 Å². The van der Waals surface area contributed by atoms with E-state index in [9.17, 15) is 4.79 Å². The van der Waals surface area contributed by atoms with E-state index < -0.39 is 5.97 Å². The molecule has 2 rings (SSSR count). The average molecular weight is 254 g/mol. The number of carbonyl (C=O) groups is 1. The van der Waals surface area contributed by atoms with Crippen LogP contribution in [0.2, 0.25) is 0 Å². The number of carboxylic acids is 1. The van der Waals surface area contributed by atoms with Crippen molar-refractivity contribution in [3.63, 3.8) is 0 Å². The van der Waals surface area contributed by atoms with Crippen molar-refractivity contribution < 1.29 is 27.0 Å². The zero-order chi connectivity index (χ0) is 10.4. The molecule has 0 aromatic carbocycles. The van der Waals surface area contributed by atoms with Gasteiger partial charge < -0.3 is 5.11 Å². The summed E-state index contributed by atoms with van der Waals surface area (Å²) in [5, 5.41) is 8.58. The molecule has 2 nitrogen and oxygen atoms in total. The predicted octanol–water partition coefficient (Wildman–Crippen LogP) is 3.46. The number of aliphatic carboxylic acids is 1. The van der Waals surface area contributed by atoms with Gasteiger partial charge in [-0.05, 0) is 18.8 Å². The molecule has 3 heteroatoms. The van der Waals surface area contributed by atoms with Crippen molar-refractivity contribution in [1.82, 2.24) is 0 Å². The van der Waals surface area contributed by atoms with Crippen LogP contribution in [0.15, 0.2) is 0 Å². The molecule has 0 amide bonds. The number of hydrogen-bond acceptors (Lipinski definition) is 1. The van der Waals surface area contributed by atoms with E-state index in [0.717, 1.165) is 19.3 Å². The molecule has 90 valence electrons. The molecule has 2 atom stereocenters. The van der Waals surface area contributed by atoms with E-state index >= 15 is 0 Å². The smallest absolute Gasteiger partial charge is 0.306 e. The van der Waals surface area contributed by atoms with Crippen molar-refractivity contribution in [2.24, 2.45) is 11.8 Å². The fourth-order valence-electron chi connectivity index (χ4n) is 2.40. The van der Waals surface area contributed by atoms with Gasteiger partial charge in [-0.2, -0.15) is 0 Å². The van der Waals surface area contributed by atoms with Gasteiger partial charge in [0.2, 0.25) is 0 Å². The molecule has 2 saturated carbocycles. The van der Waals surface area contributed by atoms with Gasteiger partial charge in [0, 0.05) is 17.1 Å². The molecule has 2 fully saturated rings. The van der Waals surface area contributed by atoms with E-state index in [1.54, 1.807) is 0 Å². The second-order valence-corrected chi connectivity index (χ2v) is 4.62. The molecule has 2 aliphatic rings. The molecule has 2 aliphatic carbocycles. The Bertz CT molecular complexity index is 171. The van der Waals surface area contributed by atoms with E-state index in [0.29, 0.717) is 5.92 Å². The minimum Gasteiger partial charge on any atom is -0.481 e.